The summed E-state index contributed by atoms with van der Waals surface area (Å²) in [6.45, 7) is 0.327. The minimum atomic E-state index is 0.244. The summed E-state index contributed by atoms with van der Waals surface area (Å²) in [4.78, 5) is 7.80. The molecule has 0 atom stereocenters. The number of hydrogen-bond acceptors (Lipinski definition) is 5. The Hall–Kier alpha value is -2.01. The molecular weight excluding hydrogens is 254 g/mol. The van der Waals surface area contributed by atoms with Gasteiger partial charge in [-0.15, -0.1) is 0 Å². The van der Waals surface area contributed by atoms with E-state index >= 15 is 0 Å². The van der Waals surface area contributed by atoms with Crippen molar-refractivity contribution in [1.82, 2.24) is 9.97 Å². The second-order valence-corrected chi connectivity index (χ2v) is 3.95. The van der Waals surface area contributed by atoms with Crippen LogP contribution in [-0.2, 0) is 6.61 Å². The second-order valence-electron chi connectivity index (χ2n) is 3.52. The van der Waals surface area contributed by atoms with E-state index < -0.39 is 0 Å². The van der Waals surface area contributed by atoms with E-state index in [2.05, 4.69) is 9.97 Å². The van der Waals surface area contributed by atoms with E-state index in [9.17, 15) is 0 Å². The van der Waals surface area contributed by atoms with Gasteiger partial charge in [-0.05, 0) is 17.7 Å². The van der Waals surface area contributed by atoms with Gasteiger partial charge in [-0.25, -0.2) is 4.98 Å². The highest BCUT2D eigenvalue weighted by molar-refractivity contribution is 6.30. The number of nitrogens with two attached hydrogens (primary N) is 1. The zero-order valence-electron chi connectivity index (χ0n) is 9.76. The summed E-state index contributed by atoms with van der Waals surface area (Å²) >= 11 is 5.88. The number of anilines is 1. The average Bonchev–Trinajstić information content (AvgIpc) is 2.36. The second kappa shape index (κ2) is 5.55. The van der Waals surface area contributed by atoms with Gasteiger partial charge in [0.1, 0.15) is 12.9 Å². The van der Waals surface area contributed by atoms with Gasteiger partial charge in [0.05, 0.1) is 7.11 Å². The van der Waals surface area contributed by atoms with E-state index in [1.807, 2.05) is 18.2 Å². The molecule has 0 radical (unpaired) electrons. The Morgan fingerprint density at radius 1 is 1.33 bits per heavy atom. The van der Waals surface area contributed by atoms with E-state index in [0.29, 0.717) is 23.3 Å². The first kappa shape index (κ1) is 12.4. The molecule has 0 bridgehead atoms. The van der Waals surface area contributed by atoms with Gasteiger partial charge in [-0.1, -0.05) is 23.7 Å². The Balaban J connectivity index is 2.13. The number of aromatic nitrogens is 2. The fraction of sp³-hybridized carbons (Fsp3) is 0.167. The molecule has 0 saturated carbocycles. The van der Waals surface area contributed by atoms with Crippen LogP contribution in [0, 0.1) is 0 Å². The molecule has 0 aliphatic rings. The SMILES string of the molecule is COc1c(N)ncnc1OCc1cccc(Cl)c1. The Bertz CT molecular complexity index is 549. The Labute approximate surface area is 110 Å². The van der Waals surface area contributed by atoms with Crippen LogP contribution < -0.4 is 15.2 Å². The summed E-state index contributed by atoms with van der Waals surface area (Å²) in [6, 6.07) is 7.38. The lowest BCUT2D eigenvalue weighted by molar-refractivity contribution is 0.272. The monoisotopic (exact) mass is 265 g/mol. The molecule has 2 rings (SSSR count). The molecule has 0 unspecified atom stereocenters. The summed E-state index contributed by atoms with van der Waals surface area (Å²) in [6.07, 6.45) is 1.32. The zero-order valence-corrected chi connectivity index (χ0v) is 10.5. The Morgan fingerprint density at radius 3 is 2.89 bits per heavy atom. The van der Waals surface area contributed by atoms with Gasteiger partial charge >= 0.3 is 0 Å². The molecule has 6 heteroatoms. The third kappa shape index (κ3) is 2.81. The molecule has 2 N–H and O–H groups in total. The number of rotatable bonds is 4. The van der Waals surface area contributed by atoms with Crippen LogP contribution in [0.1, 0.15) is 5.56 Å². The van der Waals surface area contributed by atoms with Crippen LogP contribution in [0.5, 0.6) is 11.6 Å². The van der Waals surface area contributed by atoms with Crippen LogP contribution in [0.2, 0.25) is 5.02 Å². The predicted octanol–water partition coefficient (Wildman–Crippen LogP) is 2.30. The largest absolute Gasteiger partial charge is 0.489 e. The first-order valence-corrected chi connectivity index (χ1v) is 5.60. The van der Waals surface area contributed by atoms with Crippen LogP contribution in [-0.4, -0.2) is 17.1 Å². The standard InChI is InChI=1S/C12H12ClN3O2/c1-17-10-11(14)15-7-16-12(10)18-6-8-3-2-4-9(13)5-8/h2-5,7H,6H2,1H3,(H2,14,15,16). The quantitative estimate of drug-likeness (QED) is 0.918. The maximum atomic E-state index is 5.88. The first-order chi connectivity index (χ1) is 8.70. The minimum absolute atomic E-state index is 0.244. The van der Waals surface area contributed by atoms with Crippen molar-refractivity contribution in [2.24, 2.45) is 0 Å². The molecule has 0 aliphatic heterocycles. The molecule has 0 spiro atoms. The smallest absolute Gasteiger partial charge is 0.262 e. The number of nitrogen functional groups attached to an aromatic ring is 1. The van der Waals surface area contributed by atoms with E-state index in [1.165, 1.54) is 13.4 Å². The summed E-state index contributed by atoms with van der Waals surface area (Å²) in [5.74, 6) is 0.887. The van der Waals surface area contributed by atoms with Gasteiger partial charge in [0, 0.05) is 5.02 Å². The third-order valence-electron chi connectivity index (χ3n) is 2.27. The molecule has 0 saturated heterocycles. The minimum Gasteiger partial charge on any atom is -0.489 e. The van der Waals surface area contributed by atoms with Crippen molar-refractivity contribution in [2.75, 3.05) is 12.8 Å². The molecule has 0 aliphatic carbocycles. The van der Waals surface area contributed by atoms with Crippen LogP contribution in [0.15, 0.2) is 30.6 Å². The summed E-state index contributed by atoms with van der Waals surface area (Å²) in [7, 11) is 1.49. The normalized spacial score (nSPS) is 10.1. The molecule has 2 aromatic rings. The van der Waals surface area contributed by atoms with Gasteiger partial charge in [-0.2, -0.15) is 4.98 Å². The van der Waals surface area contributed by atoms with Gasteiger partial charge in [-0.3, -0.25) is 0 Å². The van der Waals surface area contributed by atoms with Crippen LogP contribution >= 0.6 is 11.6 Å². The molecule has 1 heterocycles. The lowest BCUT2D eigenvalue weighted by Crippen LogP contribution is -2.03. The molecule has 0 amide bonds. The van der Waals surface area contributed by atoms with E-state index in [-0.39, 0.29) is 5.82 Å². The third-order valence-corrected chi connectivity index (χ3v) is 2.50. The summed E-state index contributed by atoms with van der Waals surface area (Å²) in [5.41, 5.74) is 6.58. The number of benzene rings is 1. The molecule has 5 nitrogen and oxygen atoms in total. The topological polar surface area (TPSA) is 70.3 Å². The van der Waals surface area contributed by atoms with Crippen molar-refractivity contribution >= 4 is 17.4 Å². The first-order valence-electron chi connectivity index (χ1n) is 5.22. The van der Waals surface area contributed by atoms with Crippen LogP contribution in [0.4, 0.5) is 5.82 Å². The zero-order chi connectivity index (χ0) is 13.0. The number of nitrogens with zero attached hydrogens (tertiary/aromatic N) is 2. The predicted molar refractivity (Wildman–Crippen MR) is 68.8 cm³/mol. The Morgan fingerprint density at radius 2 is 2.17 bits per heavy atom. The van der Waals surface area contributed by atoms with E-state index in [1.54, 1.807) is 6.07 Å². The summed E-state index contributed by atoms with van der Waals surface area (Å²) < 4.78 is 10.6. The lowest BCUT2D eigenvalue weighted by atomic mass is 10.2. The maximum Gasteiger partial charge on any atom is 0.262 e. The van der Waals surface area contributed by atoms with Gasteiger partial charge < -0.3 is 15.2 Å². The average molecular weight is 266 g/mol. The van der Waals surface area contributed by atoms with Crippen molar-refractivity contribution in [1.29, 1.82) is 0 Å². The molecule has 0 fully saturated rings. The fourth-order valence-corrected chi connectivity index (χ4v) is 1.66. The van der Waals surface area contributed by atoms with Crippen LogP contribution in [0.25, 0.3) is 0 Å². The van der Waals surface area contributed by atoms with E-state index in [0.717, 1.165) is 5.56 Å². The number of hydrogen-bond donors (Lipinski definition) is 1. The van der Waals surface area contributed by atoms with Gasteiger partial charge in [0.25, 0.3) is 5.88 Å². The van der Waals surface area contributed by atoms with Crippen LogP contribution in [0.3, 0.4) is 0 Å². The molecule has 94 valence electrons. The molecule has 1 aromatic heterocycles. The number of ether oxygens (including phenoxy) is 2. The van der Waals surface area contributed by atoms with Gasteiger partial charge in [0.2, 0.25) is 5.75 Å². The fourth-order valence-electron chi connectivity index (χ4n) is 1.44. The highest BCUT2D eigenvalue weighted by Crippen LogP contribution is 2.29. The number of methoxy groups -OCH3 is 1. The summed E-state index contributed by atoms with van der Waals surface area (Å²) in [5, 5.41) is 0.658. The molecule has 18 heavy (non-hydrogen) atoms. The van der Waals surface area contributed by atoms with Crippen molar-refractivity contribution in [2.45, 2.75) is 6.61 Å². The molecule has 1 aromatic carbocycles. The van der Waals surface area contributed by atoms with Crippen molar-refractivity contribution < 1.29 is 9.47 Å². The van der Waals surface area contributed by atoms with E-state index in [4.69, 9.17) is 26.8 Å². The highest BCUT2D eigenvalue weighted by Gasteiger charge is 2.10. The highest BCUT2D eigenvalue weighted by atomic mass is 35.5. The maximum absolute atomic E-state index is 5.88. The van der Waals surface area contributed by atoms with Gasteiger partial charge in [0.15, 0.2) is 5.82 Å². The Kier molecular flexibility index (Phi) is 3.84. The lowest BCUT2D eigenvalue weighted by Gasteiger charge is -2.10. The number of halogens is 1. The van der Waals surface area contributed by atoms with Crippen molar-refractivity contribution in [3.63, 3.8) is 0 Å². The van der Waals surface area contributed by atoms with Crippen molar-refractivity contribution in [3.8, 4) is 11.6 Å². The molecular formula is C12H12ClN3O2. The van der Waals surface area contributed by atoms with Crippen molar-refractivity contribution in [3.05, 3.63) is 41.2 Å².